The lowest BCUT2D eigenvalue weighted by Crippen LogP contribution is -2.01. The van der Waals surface area contributed by atoms with E-state index in [1.807, 2.05) is 12.1 Å². The zero-order valence-corrected chi connectivity index (χ0v) is 12.4. The third kappa shape index (κ3) is 3.34. The zero-order chi connectivity index (χ0) is 13.8. The third-order valence-corrected chi connectivity index (χ3v) is 3.07. The van der Waals surface area contributed by atoms with E-state index >= 15 is 0 Å². The minimum atomic E-state index is 0.186. The molecule has 0 atom stereocenters. The molecular formula is C12H11BrClN3O2. The highest BCUT2D eigenvalue weighted by molar-refractivity contribution is 9.10. The minimum Gasteiger partial charge on any atom is -0.467 e. The van der Waals surface area contributed by atoms with Crippen LogP contribution >= 0.6 is 27.5 Å². The lowest BCUT2D eigenvalue weighted by molar-refractivity contribution is 0.366. The predicted molar refractivity (Wildman–Crippen MR) is 75.7 cm³/mol. The molecule has 0 saturated heterocycles. The van der Waals surface area contributed by atoms with Gasteiger partial charge in [0.25, 0.3) is 0 Å². The van der Waals surface area contributed by atoms with E-state index in [-0.39, 0.29) is 11.9 Å². The largest absolute Gasteiger partial charge is 0.467 e. The van der Waals surface area contributed by atoms with Gasteiger partial charge in [-0.3, -0.25) is 0 Å². The first-order valence-corrected chi connectivity index (χ1v) is 6.54. The monoisotopic (exact) mass is 343 g/mol. The van der Waals surface area contributed by atoms with Crippen LogP contribution in [0.1, 0.15) is 5.56 Å². The van der Waals surface area contributed by atoms with Gasteiger partial charge < -0.3 is 15.2 Å². The number of nitrogens with zero attached hydrogens (tertiary/aromatic N) is 2. The van der Waals surface area contributed by atoms with Gasteiger partial charge in [0.2, 0.25) is 5.88 Å². The molecule has 2 rings (SSSR count). The summed E-state index contributed by atoms with van der Waals surface area (Å²) in [5.74, 6) is 0.818. The van der Waals surface area contributed by atoms with Gasteiger partial charge in [-0.2, -0.15) is 4.98 Å². The molecule has 1 heterocycles. The van der Waals surface area contributed by atoms with Crippen molar-refractivity contribution in [2.24, 2.45) is 5.73 Å². The van der Waals surface area contributed by atoms with Gasteiger partial charge >= 0.3 is 6.01 Å². The van der Waals surface area contributed by atoms with E-state index in [1.165, 1.54) is 13.3 Å². The second-order valence-electron chi connectivity index (χ2n) is 3.57. The summed E-state index contributed by atoms with van der Waals surface area (Å²) in [6.45, 7) is 0.342. The predicted octanol–water partition coefficient (Wildman–Crippen LogP) is 3.15. The lowest BCUT2D eigenvalue weighted by atomic mass is 10.2. The number of hydrogen-bond acceptors (Lipinski definition) is 5. The SMILES string of the molecule is COc1ncc(Cl)c(Oc2ccc(Br)cc2CN)n1. The van der Waals surface area contributed by atoms with Gasteiger partial charge in [0.1, 0.15) is 10.8 Å². The Morgan fingerprint density at radius 3 is 2.89 bits per heavy atom. The van der Waals surface area contributed by atoms with Crippen molar-refractivity contribution in [1.82, 2.24) is 9.97 Å². The van der Waals surface area contributed by atoms with E-state index in [4.69, 9.17) is 26.8 Å². The molecule has 19 heavy (non-hydrogen) atoms. The maximum Gasteiger partial charge on any atom is 0.319 e. The standard InChI is InChI=1S/C12H11BrClN3O2/c1-18-12-16-6-9(14)11(17-12)19-10-3-2-8(13)4-7(10)5-15/h2-4,6H,5,15H2,1H3. The Bertz CT molecular complexity index is 595. The van der Waals surface area contributed by atoms with E-state index in [0.29, 0.717) is 17.3 Å². The van der Waals surface area contributed by atoms with E-state index in [1.54, 1.807) is 6.07 Å². The Hall–Kier alpha value is -1.37. The molecule has 0 bridgehead atoms. The first-order valence-electron chi connectivity index (χ1n) is 5.37. The number of ether oxygens (including phenoxy) is 2. The fraction of sp³-hybridized carbons (Fsp3) is 0.167. The number of halogens is 2. The van der Waals surface area contributed by atoms with Gasteiger partial charge in [-0.1, -0.05) is 27.5 Å². The van der Waals surface area contributed by atoms with Crippen LogP contribution in [0.15, 0.2) is 28.9 Å². The number of rotatable bonds is 4. The average Bonchev–Trinajstić information content (AvgIpc) is 2.43. The molecule has 1 aromatic carbocycles. The molecule has 0 aliphatic carbocycles. The van der Waals surface area contributed by atoms with E-state index < -0.39 is 0 Å². The maximum atomic E-state index is 5.98. The lowest BCUT2D eigenvalue weighted by Gasteiger charge is -2.11. The molecule has 0 fully saturated rings. The minimum absolute atomic E-state index is 0.186. The maximum absolute atomic E-state index is 5.98. The van der Waals surface area contributed by atoms with Crippen LogP contribution in [-0.4, -0.2) is 17.1 Å². The van der Waals surface area contributed by atoms with Crippen molar-refractivity contribution in [3.05, 3.63) is 39.5 Å². The van der Waals surface area contributed by atoms with Crippen LogP contribution < -0.4 is 15.2 Å². The second-order valence-corrected chi connectivity index (χ2v) is 4.89. The Morgan fingerprint density at radius 2 is 2.21 bits per heavy atom. The molecule has 5 nitrogen and oxygen atoms in total. The number of hydrogen-bond donors (Lipinski definition) is 1. The number of benzene rings is 1. The Labute approximate surface area is 123 Å². The van der Waals surface area contributed by atoms with Crippen molar-refractivity contribution < 1.29 is 9.47 Å². The van der Waals surface area contributed by atoms with Gasteiger partial charge in [0.15, 0.2) is 0 Å². The molecular weight excluding hydrogens is 334 g/mol. The van der Waals surface area contributed by atoms with E-state index in [0.717, 1.165) is 10.0 Å². The Balaban J connectivity index is 2.35. The third-order valence-electron chi connectivity index (χ3n) is 2.32. The molecule has 100 valence electrons. The van der Waals surface area contributed by atoms with Gasteiger partial charge in [-0.05, 0) is 18.2 Å². The van der Waals surface area contributed by atoms with Crippen LogP contribution in [0, 0.1) is 0 Å². The van der Waals surface area contributed by atoms with Crippen LogP contribution in [0.2, 0.25) is 5.02 Å². The summed E-state index contributed by atoms with van der Waals surface area (Å²) < 4.78 is 11.5. The fourth-order valence-corrected chi connectivity index (χ4v) is 1.96. The van der Waals surface area contributed by atoms with Gasteiger partial charge in [0, 0.05) is 16.6 Å². The molecule has 2 N–H and O–H groups in total. The average molecular weight is 345 g/mol. The van der Waals surface area contributed by atoms with E-state index in [2.05, 4.69) is 25.9 Å². The van der Waals surface area contributed by atoms with Gasteiger partial charge in [-0.25, -0.2) is 4.98 Å². The second kappa shape index (κ2) is 6.18. The van der Waals surface area contributed by atoms with Crippen molar-refractivity contribution in [1.29, 1.82) is 0 Å². The summed E-state index contributed by atoms with van der Waals surface area (Å²) in [7, 11) is 1.47. The molecule has 2 aromatic rings. The summed E-state index contributed by atoms with van der Waals surface area (Å²) in [4.78, 5) is 7.92. The number of nitrogens with two attached hydrogens (primary N) is 1. The van der Waals surface area contributed by atoms with Crippen LogP contribution in [0.3, 0.4) is 0 Å². The summed E-state index contributed by atoms with van der Waals surface area (Å²) in [5, 5.41) is 0.298. The normalized spacial score (nSPS) is 10.3. The molecule has 0 saturated carbocycles. The number of aromatic nitrogens is 2. The molecule has 0 amide bonds. The molecule has 0 aliphatic heterocycles. The summed E-state index contributed by atoms with van der Waals surface area (Å²) in [6.07, 6.45) is 1.42. The topological polar surface area (TPSA) is 70.3 Å². The number of methoxy groups -OCH3 is 1. The molecule has 0 unspecified atom stereocenters. The van der Waals surface area contributed by atoms with Crippen molar-refractivity contribution >= 4 is 27.5 Å². The highest BCUT2D eigenvalue weighted by Gasteiger charge is 2.11. The van der Waals surface area contributed by atoms with Crippen molar-refractivity contribution in [3.8, 4) is 17.6 Å². The smallest absolute Gasteiger partial charge is 0.319 e. The first-order chi connectivity index (χ1) is 9.13. The van der Waals surface area contributed by atoms with Gasteiger partial charge in [0.05, 0.1) is 13.3 Å². The molecule has 1 aromatic heterocycles. The van der Waals surface area contributed by atoms with Crippen molar-refractivity contribution in [3.63, 3.8) is 0 Å². The fourth-order valence-electron chi connectivity index (χ4n) is 1.42. The van der Waals surface area contributed by atoms with Crippen molar-refractivity contribution in [2.45, 2.75) is 6.54 Å². The van der Waals surface area contributed by atoms with Crippen LogP contribution in [0.5, 0.6) is 17.6 Å². The quantitative estimate of drug-likeness (QED) is 0.922. The summed E-state index contributed by atoms with van der Waals surface area (Å²) in [6, 6.07) is 5.70. The molecule has 0 aliphatic rings. The molecule has 0 spiro atoms. The van der Waals surface area contributed by atoms with Crippen LogP contribution in [0.25, 0.3) is 0 Å². The van der Waals surface area contributed by atoms with Gasteiger partial charge in [-0.15, -0.1) is 0 Å². The Kier molecular flexibility index (Phi) is 4.57. The van der Waals surface area contributed by atoms with Crippen molar-refractivity contribution in [2.75, 3.05) is 7.11 Å². The molecule has 0 radical (unpaired) electrons. The highest BCUT2D eigenvalue weighted by Crippen LogP contribution is 2.31. The van der Waals surface area contributed by atoms with E-state index in [9.17, 15) is 0 Å². The van der Waals surface area contributed by atoms with Crippen LogP contribution in [0.4, 0.5) is 0 Å². The van der Waals surface area contributed by atoms with Crippen LogP contribution in [-0.2, 0) is 6.54 Å². The summed E-state index contributed by atoms with van der Waals surface area (Å²) >= 11 is 9.36. The highest BCUT2D eigenvalue weighted by atomic mass is 79.9. The molecule has 7 heteroatoms. The Morgan fingerprint density at radius 1 is 1.42 bits per heavy atom. The summed E-state index contributed by atoms with van der Waals surface area (Å²) in [5.41, 5.74) is 6.51. The first kappa shape index (κ1) is 14.0. The zero-order valence-electron chi connectivity index (χ0n) is 10.1.